The predicted molar refractivity (Wildman–Crippen MR) is 50.8 cm³/mol. The molecule has 0 unspecified atom stereocenters. The fraction of sp³-hybridized carbons (Fsp3) is 0.222. The minimum absolute atomic E-state index is 0.0802. The molecule has 2 N–H and O–H groups in total. The molecule has 1 aliphatic heterocycles. The first-order valence-corrected chi connectivity index (χ1v) is 4.18. The third kappa shape index (κ3) is 1.74. The summed E-state index contributed by atoms with van der Waals surface area (Å²) in [5.74, 6) is 1.36. The van der Waals surface area contributed by atoms with Crippen LogP contribution >= 0.6 is 0 Å². The van der Waals surface area contributed by atoms with Crippen molar-refractivity contribution < 1.29 is 24.1 Å². The summed E-state index contributed by atoms with van der Waals surface area (Å²) in [4.78, 5) is 10.5. The van der Waals surface area contributed by atoms with Crippen LogP contribution in [0.3, 0.4) is 0 Å². The zero-order chi connectivity index (χ0) is 10.8. The Kier molecular flexibility index (Phi) is 2.24. The van der Waals surface area contributed by atoms with Gasteiger partial charge in [-0.25, -0.2) is 4.79 Å². The second-order valence-corrected chi connectivity index (χ2v) is 2.84. The molecule has 1 aromatic rings. The summed E-state index contributed by atoms with van der Waals surface area (Å²) in [5, 5.41) is 10.8. The van der Waals surface area contributed by atoms with Crippen LogP contribution in [0.15, 0.2) is 12.1 Å². The van der Waals surface area contributed by atoms with Crippen LogP contribution in [0.5, 0.6) is 17.2 Å². The van der Waals surface area contributed by atoms with Gasteiger partial charge < -0.3 is 19.3 Å². The molecule has 0 aliphatic carbocycles. The summed E-state index contributed by atoms with van der Waals surface area (Å²) in [7, 11) is 1.49. The standard InChI is InChI=1S/C9H9NO5/c1-13-5-2-6(10-9(11)12)8-7(3-5)14-4-15-8/h2-3,10H,4H2,1H3,(H,11,12). The lowest BCUT2D eigenvalue weighted by Crippen LogP contribution is -2.08. The van der Waals surface area contributed by atoms with E-state index in [2.05, 4.69) is 5.32 Å². The van der Waals surface area contributed by atoms with Gasteiger partial charge in [0.2, 0.25) is 6.79 Å². The van der Waals surface area contributed by atoms with Gasteiger partial charge in [0.15, 0.2) is 11.5 Å². The summed E-state index contributed by atoms with van der Waals surface area (Å²) in [6.45, 7) is 0.0802. The zero-order valence-electron chi connectivity index (χ0n) is 7.94. The molecule has 0 saturated heterocycles. The lowest BCUT2D eigenvalue weighted by atomic mass is 10.2. The quantitative estimate of drug-likeness (QED) is 0.775. The molecule has 0 spiro atoms. The van der Waals surface area contributed by atoms with Crippen molar-refractivity contribution in [3.8, 4) is 17.2 Å². The number of rotatable bonds is 2. The Morgan fingerprint density at radius 2 is 2.33 bits per heavy atom. The molecule has 1 aromatic carbocycles. The average Bonchev–Trinajstić information content (AvgIpc) is 2.64. The van der Waals surface area contributed by atoms with Crippen molar-refractivity contribution >= 4 is 11.8 Å². The zero-order valence-corrected chi connectivity index (χ0v) is 7.94. The Morgan fingerprint density at radius 3 is 3.00 bits per heavy atom. The smallest absolute Gasteiger partial charge is 0.409 e. The third-order valence-electron chi connectivity index (χ3n) is 1.92. The maximum atomic E-state index is 10.5. The molecule has 1 heterocycles. The number of amides is 1. The number of hydrogen-bond acceptors (Lipinski definition) is 4. The highest BCUT2D eigenvalue weighted by Crippen LogP contribution is 2.42. The van der Waals surface area contributed by atoms with E-state index in [1.54, 1.807) is 6.07 Å². The molecule has 6 heteroatoms. The maximum Gasteiger partial charge on any atom is 0.409 e. The van der Waals surface area contributed by atoms with Crippen LogP contribution in [0.4, 0.5) is 10.5 Å². The first-order chi connectivity index (χ1) is 7.20. The van der Waals surface area contributed by atoms with Crippen LogP contribution in [0.2, 0.25) is 0 Å². The molecule has 1 aliphatic rings. The second kappa shape index (κ2) is 3.56. The number of carbonyl (C=O) groups is 1. The monoisotopic (exact) mass is 211 g/mol. The van der Waals surface area contributed by atoms with Gasteiger partial charge in [-0.1, -0.05) is 0 Å². The summed E-state index contributed by atoms with van der Waals surface area (Å²) >= 11 is 0. The molecular weight excluding hydrogens is 202 g/mol. The molecule has 0 radical (unpaired) electrons. The predicted octanol–water partition coefficient (Wildman–Crippen LogP) is 1.51. The Balaban J connectivity index is 2.42. The fourth-order valence-electron chi connectivity index (χ4n) is 1.31. The minimum Gasteiger partial charge on any atom is -0.497 e. The van der Waals surface area contributed by atoms with E-state index in [-0.39, 0.29) is 6.79 Å². The maximum absolute atomic E-state index is 10.5. The molecule has 6 nitrogen and oxygen atoms in total. The van der Waals surface area contributed by atoms with E-state index in [4.69, 9.17) is 19.3 Å². The lowest BCUT2D eigenvalue weighted by molar-refractivity contribution is 0.174. The van der Waals surface area contributed by atoms with Crippen LogP contribution in [0.25, 0.3) is 0 Å². The molecule has 2 rings (SSSR count). The van der Waals surface area contributed by atoms with Crippen molar-refractivity contribution in [2.24, 2.45) is 0 Å². The molecule has 0 saturated carbocycles. The Labute approximate surface area is 85.4 Å². The Morgan fingerprint density at radius 1 is 1.53 bits per heavy atom. The number of ether oxygens (including phenoxy) is 3. The van der Waals surface area contributed by atoms with E-state index in [0.717, 1.165) is 0 Å². The van der Waals surface area contributed by atoms with Crippen LogP contribution < -0.4 is 19.5 Å². The van der Waals surface area contributed by atoms with E-state index in [1.807, 2.05) is 0 Å². The molecule has 0 fully saturated rings. The second-order valence-electron chi connectivity index (χ2n) is 2.84. The van der Waals surface area contributed by atoms with Gasteiger partial charge in [0, 0.05) is 12.1 Å². The molecule has 0 atom stereocenters. The van der Waals surface area contributed by atoms with Crippen molar-refractivity contribution in [3.05, 3.63) is 12.1 Å². The van der Waals surface area contributed by atoms with Gasteiger partial charge in [-0.15, -0.1) is 0 Å². The topological polar surface area (TPSA) is 77.0 Å². The highest BCUT2D eigenvalue weighted by molar-refractivity contribution is 5.87. The normalized spacial score (nSPS) is 12.3. The number of nitrogens with one attached hydrogen (secondary N) is 1. The third-order valence-corrected chi connectivity index (χ3v) is 1.92. The summed E-state index contributed by atoms with van der Waals surface area (Å²) in [6, 6.07) is 3.16. The van der Waals surface area contributed by atoms with Crippen LogP contribution in [-0.2, 0) is 0 Å². The average molecular weight is 211 g/mol. The van der Waals surface area contributed by atoms with Crippen molar-refractivity contribution in [2.75, 3.05) is 19.2 Å². The number of anilines is 1. The largest absolute Gasteiger partial charge is 0.497 e. The van der Waals surface area contributed by atoms with E-state index in [1.165, 1.54) is 13.2 Å². The van der Waals surface area contributed by atoms with Crippen molar-refractivity contribution in [1.29, 1.82) is 0 Å². The lowest BCUT2D eigenvalue weighted by Gasteiger charge is -2.07. The summed E-state index contributed by atoms with van der Waals surface area (Å²) in [6.07, 6.45) is -1.17. The molecule has 0 aromatic heterocycles. The van der Waals surface area contributed by atoms with Gasteiger partial charge in [0.05, 0.1) is 12.8 Å². The number of methoxy groups -OCH3 is 1. The van der Waals surface area contributed by atoms with Gasteiger partial charge in [-0.2, -0.15) is 0 Å². The Hall–Kier alpha value is -2.11. The van der Waals surface area contributed by atoms with Crippen LogP contribution in [0.1, 0.15) is 0 Å². The van der Waals surface area contributed by atoms with E-state index < -0.39 is 6.09 Å². The number of hydrogen-bond donors (Lipinski definition) is 2. The highest BCUT2D eigenvalue weighted by atomic mass is 16.7. The molecule has 80 valence electrons. The van der Waals surface area contributed by atoms with Crippen molar-refractivity contribution in [3.63, 3.8) is 0 Å². The molecule has 0 bridgehead atoms. The highest BCUT2D eigenvalue weighted by Gasteiger charge is 2.20. The summed E-state index contributed by atoms with van der Waals surface area (Å²) in [5.41, 5.74) is 0.314. The molecule has 1 amide bonds. The molecule has 15 heavy (non-hydrogen) atoms. The number of fused-ring (bicyclic) bond motifs is 1. The van der Waals surface area contributed by atoms with Gasteiger partial charge in [0.1, 0.15) is 5.75 Å². The summed E-state index contributed by atoms with van der Waals surface area (Å²) < 4.78 is 15.2. The SMILES string of the molecule is COc1cc(NC(=O)O)c2c(c1)OCO2. The van der Waals surface area contributed by atoms with Gasteiger partial charge >= 0.3 is 6.09 Å². The van der Waals surface area contributed by atoms with Crippen LogP contribution in [-0.4, -0.2) is 25.1 Å². The Bertz CT molecular complexity index is 404. The van der Waals surface area contributed by atoms with Crippen molar-refractivity contribution in [1.82, 2.24) is 0 Å². The van der Waals surface area contributed by atoms with Crippen LogP contribution in [0, 0.1) is 0 Å². The van der Waals surface area contributed by atoms with E-state index in [9.17, 15) is 4.79 Å². The van der Waals surface area contributed by atoms with E-state index >= 15 is 0 Å². The van der Waals surface area contributed by atoms with Gasteiger partial charge in [0.25, 0.3) is 0 Å². The number of benzene rings is 1. The molecular formula is C9H9NO5. The minimum atomic E-state index is -1.17. The first kappa shape index (κ1) is 9.45. The number of carboxylic acid groups (broad SMARTS) is 1. The van der Waals surface area contributed by atoms with Gasteiger partial charge in [-0.05, 0) is 0 Å². The first-order valence-electron chi connectivity index (χ1n) is 4.18. The van der Waals surface area contributed by atoms with E-state index in [0.29, 0.717) is 22.9 Å². The van der Waals surface area contributed by atoms with Crippen molar-refractivity contribution in [2.45, 2.75) is 0 Å². The van der Waals surface area contributed by atoms with Gasteiger partial charge in [-0.3, -0.25) is 5.32 Å². The fourth-order valence-corrected chi connectivity index (χ4v) is 1.31.